The molecule has 3 fully saturated rings. The molecule has 2 nitrogen and oxygen atoms in total. The Balaban J connectivity index is 1.56. The smallest absolute Gasteiger partial charge is 0.161 e. The van der Waals surface area contributed by atoms with E-state index in [-0.39, 0.29) is 10.3 Å². The number of nitriles is 1. The van der Waals surface area contributed by atoms with Crippen LogP contribution in [0, 0.1) is 40.8 Å². The van der Waals surface area contributed by atoms with E-state index in [4.69, 9.17) is 5.26 Å². The van der Waals surface area contributed by atoms with Crippen LogP contribution in [0.3, 0.4) is 0 Å². The predicted octanol–water partition coefficient (Wildman–Crippen LogP) is 3.92. The third-order valence-electron chi connectivity index (χ3n) is 5.26. The monoisotopic (exact) mass is 320 g/mol. The number of halogens is 2. The van der Waals surface area contributed by atoms with Gasteiger partial charge in [0.05, 0.1) is 15.7 Å². The van der Waals surface area contributed by atoms with Crippen molar-refractivity contribution in [2.75, 3.05) is 5.32 Å². The summed E-state index contributed by atoms with van der Waals surface area (Å²) in [4.78, 5) is 0. The van der Waals surface area contributed by atoms with Crippen LogP contribution in [0.15, 0.2) is 16.6 Å². The Bertz CT molecular complexity index is 579. The number of hydrogen-bond acceptors (Lipinski definition) is 2. The molecule has 3 aliphatic rings. The van der Waals surface area contributed by atoms with Gasteiger partial charge in [-0.25, -0.2) is 4.39 Å². The summed E-state index contributed by atoms with van der Waals surface area (Å²) in [7, 11) is 0. The average Bonchev–Trinajstić information content (AvgIpc) is 2.82. The number of rotatable bonds is 2. The third kappa shape index (κ3) is 1.57. The van der Waals surface area contributed by atoms with E-state index < -0.39 is 0 Å². The van der Waals surface area contributed by atoms with Crippen LogP contribution in [0.1, 0.15) is 24.8 Å². The Kier molecular flexibility index (Phi) is 2.44. The highest BCUT2D eigenvalue weighted by Crippen LogP contribution is 2.66. The van der Waals surface area contributed by atoms with Gasteiger partial charge in [0.15, 0.2) is 5.82 Å². The Morgan fingerprint density at radius 1 is 1.26 bits per heavy atom. The largest absolute Gasteiger partial charge is 0.379 e. The van der Waals surface area contributed by atoms with E-state index in [1.54, 1.807) is 12.1 Å². The highest BCUT2D eigenvalue weighted by Gasteiger charge is 2.65. The maximum Gasteiger partial charge on any atom is 0.161 e. The molecule has 0 spiro atoms. The van der Waals surface area contributed by atoms with Crippen molar-refractivity contribution in [3.8, 4) is 6.07 Å². The van der Waals surface area contributed by atoms with E-state index in [0.717, 1.165) is 23.7 Å². The zero-order valence-electron chi connectivity index (χ0n) is 10.4. The third-order valence-corrected chi connectivity index (χ3v) is 6.04. The first-order chi connectivity index (χ1) is 9.20. The molecule has 4 unspecified atom stereocenters. The van der Waals surface area contributed by atoms with Gasteiger partial charge in [-0.2, -0.15) is 5.26 Å². The van der Waals surface area contributed by atoms with Crippen molar-refractivity contribution in [2.24, 2.45) is 23.7 Å². The van der Waals surface area contributed by atoms with Crippen molar-refractivity contribution in [3.63, 3.8) is 0 Å². The molecule has 2 bridgehead atoms. The molecule has 3 saturated carbocycles. The van der Waals surface area contributed by atoms with Crippen molar-refractivity contribution in [3.05, 3.63) is 28.0 Å². The van der Waals surface area contributed by atoms with Crippen LogP contribution in [-0.2, 0) is 0 Å². The minimum absolute atomic E-state index is 0.272. The van der Waals surface area contributed by atoms with Crippen LogP contribution in [0.2, 0.25) is 0 Å². The molecule has 0 heterocycles. The van der Waals surface area contributed by atoms with Gasteiger partial charge in [0, 0.05) is 6.04 Å². The topological polar surface area (TPSA) is 35.8 Å². The van der Waals surface area contributed by atoms with E-state index in [9.17, 15) is 4.39 Å². The van der Waals surface area contributed by atoms with Crippen LogP contribution in [0.5, 0.6) is 0 Å². The lowest BCUT2D eigenvalue weighted by Crippen LogP contribution is -2.13. The Morgan fingerprint density at radius 3 is 2.58 bits per heavy atom. The second-order valence-corrected chi connectivity index (χ2v) is 6.85. The zero-order chi connectivity index (χ0) is 13.1. The summed E-state index contributed by atoms with van der Waals surface area (Å²) >= 11 is 3.16. The number of nitrogens with zero attached hydrogens (tertiary/aromatic N) is 1. The Labute approximate surface area is 120 Å². The molecule has 1 aromatic rings. The molecule has 1 aromatic carbocycles. The molecule has 0 aromatic heterocycles. The number of benzene rings is 1. The van der Waals surface area contributed by atoms with Crippen molar-refractivity contribution >= 4 is 21.6 Å². The molecule has 1 N–H and O–H groups in total. The summed E-state index contributed by atoms with van der Waals surface area (Å²) in [5.74, 6) is 2.95. The minimum Gasteiger partial charge on any atom is -0.379 e. The Hall–Kier alpha value is -1.08. The standard InChI is InChI=1S/C15H14BrFN2/c16-13-9(6-18)3-4-10(14(13)17)19-15-11-7-1-2-8(5-7)12(11)15/h3-4,7-8,11-12,15,19H,1-2,5H2. The first-order valence-electron chi connectivity index (χ1n) is 6.85. The summed E-state index contributed by atoms with van der Waals surface area (Å²) in [5.41, 5.74) is 0.879. The predicted molar refractivity (Wildman–Crippen MR) is 74.0 cm³/mol. The van der Waals surface area contributed by atoms with Crippen molar-refractivity contribution in [1.29, 1.82) is 5.26 Å². The van der Waals surface area contributed by atoms with Crippen LogP contribution < -0.4 is 5.32 Å². The fourth-order valence-corrected chi connectivity index (χ4v) is 4.88. The van der Waals surface area contributed by atoms with Gasteiger partial charge in [0.1, 0.15) is 6.07 Å². The first kappa shape index (κ1) is 11.7. The molecule has 3 aliphatic carbocycles. The molecule has 4 atom stereocenters. The maximum absolute atomic E-state index is 14.2. The van der Waals surface area contributed by atoms with Gasteiger partial charge in [-0.1, -0.05) is 0 Å². The quantitative estimate of drug-likeness (QED) is 0.896. The molecule has 0 amide bonds. The fraction of sp³-hybridized carbons (Fsp3) is 0.533. The number of hydrogen-bond donors (Lipinski definition) is 1. The average molecular weight is 321 g/mol. The molecule has 0 radical (unpaired) electrons. The van der Waals surface area contributed by atoms with E-state index in [0.29, 0.717) is 17.3 Å². The lowest BCUT2D eigenvalue weighted by atomic mass is 10.0. The fourth-order valence-electron chi connectivity index (χ4n) is 4.45. The molecule has 4 heteroatoms. The Morgan fingerprint density at radius 2 is 1.95 bits per heavy atom. The van der Waals surface area contributed by atoms with E-state index in [1.807, 2.05) is 6.07 Å². The summed E-state index contributed by atoms with van der Waals surface area (Å²) in [5, 5.41) is 12.2. The van der Waals surface area contributed by atoms with Gasteiger partial charge in [0.25, 0.3) is 0 Å². The van der Waals surface area contributed by atoms with Crippen LogP contribution in [0.25, 0.3) is 0 Å². The van der Waals surface area contributed by atoms with Gasteiger partial charge >= 0.3 is 0 Å². The highest BCUT2D eigenvalue weighted by atomic mass is 79.9. The first-order valence-corrected chi connectivity index (χ1v) is 7.64. The summed E-state index contributed by atoms with van der Waals surface area (Å²) in [6.45, 7) is 0. The lowest BCUT2D eigenvalue weighted by molar-refractivity contribution is 0.456. The number of fused-ring (bicyclic) bond motifs is 5. The number of anilines is 1. The molecule has 4 rings (SSSR count). The van der Waals surface area contributed by atoms with Crippen molar-refractivity contribution < 1.29 is 4.39 Å². The van der Waals surface area contributed by atoms with Crippen LogP contribution in [0.4, 0.5) is 10.1 Å². The normalized spacial score (nSPS) is 37.8. The SMILES string of the molecule is N#Cc1ccc(NC2C3C4CCC(C4)C23)c(F)c1Br. The van der Waals surface area contributed by atoms with E-state index in [1.165, 1.54) is 19.3 Å². The molecule has 0 saturated heterocycles. The van der Waals surface area contributed by atoms with Crippen LogP contribution >= 0.6 is 15.9 Å². The molecular weight excluding hydrogens is 307 g/mol. The van der Waals surface area contributed by atoms with Gasteiger partial charge in [0.2, 0.25) is 0 Å². The van der Waals surface area contributed by atoms with Crippen LogP contribution in [-0.4, -0.2) is 6.04 Å². The van der Waals surface area contributed by atoms with Crippen molar-refractivity contribution in [1.82, 2.24) is 0 Å². The zero-order valence-corrected chi connectivity index (χ0v) is 12.0. The second kappa shape index (κ2) is 3.96. The molecule has 19 heavy (non-hydrogen) atoms. The van der Waals surface area contributed by atoms with Gasteiger partial charge in [-0.05, 0) is 71.0 Å². The molecule has 0 aliphatic heterocycles. The van der Waals surface area contributed by atoms with Crippen molar-refractivity contribution in [2.45, 2.75) is 25.3 Å². The molecular formula is C15H14BrFN2. The van der Waals surface area contributed by atoms with Gasteiger partial charge < -0.3 is 5.32 Å². The van der Waals surface area contributed by atoms with Gasteiger partial charge in [-0.15, -0.1) is 0 Å². The minimum atomic E-state index is -0.337. The van der Waals surface area contributed by atoms with E-state index in [2.05, 4.69) is 21.2 Å². The molecule has 98 valence electrons. The summed E-state index contributed by atoms with van der Waals surface area (Å²) in [6, 6.07) is 5.80. The second-order valence-electron chi connectivity index (χ2n) is 6.06. The number of nitrogens with one attached hydrogen (secondary N) is 1. The summed E-state index contributed by atoms with van der Waals surface area (Å²) in [6.07, 6.45) is 4.13. The maximum atomic E-state index is 14.2. The lowest BCUT2D eigenvalue weighted by Gasteiger charge is -2.13. The van der Waals surface area contributed by atoms with E-state index >= 15 is 0 Å². The summed E-state index contributed by atoms with van der Waals surface area (Å²) < 4.78 is 14.4. The highest BCUT2D eigenvalue weighted by molar-refractivity contribution is 9.10. The van der Waals surface area contributed by atoms with Gasteiger partial charge in [-0.3, -0.25) is 0 Å².